The Bertz CT molecular complexity index is 873. The number of rotatable bonds is 3. The Morgan fingerprint density at radius 3 is 2.22 bits per heavy atom. The summed E-state index contributed by atoms with van der Waals surface area (Å²) in [6, 6.07) is 19.2. The molecular formula is C16H18NO4S2+. The third-order valence-electron chi connectivity index (χ3n) is 3.24. The molecule has 0 aliphatic rings. The van der Waals surface area contributed by atoms with Crippen molar-refractivity contribution >= 4 is 32.0 Å². The standard InChI is InChI=1S/C15H14NS.CH4O4S/c1-16-13-9-5-6-10-14(13)17-15(16)11-12-7-3-2-4-8-12;1-5-6(2,3)4/h2-10H,11H2,1H3;1H3,(H,2,3,4)/q+1;. The van der Waals surface area contributed by atoms with Gasteiger partial charge in [-0.05, 0) is 11.6 Å². The zero-order valence-electron chi connectivity index (χ0n) is 12.8. The smallest absolute Gasteiger partial charge is 0.264 e. The molecule has 7 heteroatoms. The van der Waals surface area contributed by atoms with Gasteiger partial charge in [-0.3, -0.25) is 8.74 Å². The molecule has 3 rings (SSSR count). The topological polar surface area (TPSA) is 67.5 Å². The SMILES string of the molecule is COS(=O)(=O)O.C[n+]1c(Cc2ccccc2)sc2ccccc21. The van der Waals surface area contributed by atoms with Crippen LogP contribution in [0.5, 0.6) is 0 Å². The van der Waals surface area contributed by atoms with Crippen LogP contribution in [-0.4, -0.2) is 20.1 Å². The van der Waals surface area contributed by atoms with Crippen molar-refractivity contribution < 1.29 is 21.7 Å². The molecule has 0 radical (unpaired) electrons. The van der Waals surface area contributed by atoms with Gasteiger partial charge in [0.05, 0.1) is 13.5 Å². The number of nitrogens with zero attached hydrogens (tertiary/aromatic N) is 1. The highest BCUT2D eigenvalue weighted by molar-refractivity contribution is 7.80. The van der Waals surface area contributed by atoms with Gasteiger partial charge in [0.2, 0.25) is 10.5 Å². The van der Waals surface area contributed by atoms with E-state index in [2.05, 4.69) is 70.4 Å². The van der Waals surface area contributed by atoms with Gasteiger partial charge < -0.3 is 0 Å². The summed E-state index contributed by atoms with van der Waals surface area (Å²) in [6.07, 6.45) is 1.01. The first-order valence-electron chi connectivity index (χ1n) is 6.84. The van der Waals surface area contributed by atoms with E-state index in [9.17, 15) is 8.42 Å². The third-order valence-corrected chi connectivity index (χ3v) is 4.88. The minimum Gasteiger partial charge on any atom is -0.264 e. The van der Waals surface area contributed by atoms with Gasteiger partial charge in [-0.25, -0.2) is 0 Å². The summed E-state index contributed by atoms with van der Waals surface area (Å²) in [6.45, 7) is 0. The van der Waals surface area contributed by atoms with Crippen molar-refractivity contribution in [3.05, 3.63) is 65.2 Å². The van der Waals surface area contributed by atoms with Crippen LogP contribution in [0.25, 0.3) is 10.2 Å². The molecule has 0 atom stereocenters. The van der Waals surface area contributed by atoms with Crippen molar-refractivity contribution in [3.8, 4) is 0 Å². The second-order valence-corrected chi connectivity index (χ2v) is 7.08. The average Bonchev–Trinajstić information content (AvgIpc) is 2.85. The van der Waals surface area contributed by atoms with Crippen LogP contribution in [0, 0.1) is 0 Å². The summed E-state index contributed by atoms with van der Waals surface area (Å²) in [7, 11) is -1.14. The average molecular weight is 352 g/mol. The van der Waals surface area contributed by atoms with Gasteiger partial charge >= 0.3 is 10.4 Å². The summed E-state index contributed by atoms with van der Waals surface area (Å²) < 4.78 is 33.4. The number of hydrogen-bond donors (Lipinski definition) is 1. The highest BCUT2D eigenvalue weighted by Crippen LogP contribution is 2.21. The molecule has 0 amide bonds. The van der Waals surface area contributed by atoms with Crippen LogP contribution < -0.4 is 4.57 Å². The fourth-order valence-corrected chi connectivity index (χ4v) is 3.26. The molecule has 0 fully saturated rings. The van der Waals surface area contributed by atoms with Crippen LogP contribution in [-0.2, 0) is 28.1 Å². The molecule has 5 nitrogen and oxygen atoms in total. The van der Waals surface area contributed by atoms with Gasteiger partial charge in [-0.15, -0.1) is 0 Å². The monoisotopic (exact) mass is 352 g/mol. The quantitative estimate of drug-likeness (QED) is 0.581. The number of thiazole rings is 1. The molecule has 23 heavy (non-hydrogen) atoms. The predicted molar refractivity (Wildman–Crippen MR) is 90.8 cm³/mol. The lowest BCUT2D eigenvalue weighted by Crippen LogP contribution is -2.30. The highest BCUT2D eigenvalue weighted by Gasteiger charge is 2.16. The van der Waals surface area contributed by atoms with Gasteiger partial charge in [0, 0.05) is 6.07 Å². The Morgan fingerprint density at radius 2 is 1.65 bits per heavy atom. The maximum Gasteiger partial charge on any atom is 0.397 e. The van der Waals surface area contributed by atoms with E-state index in [1.165, 1.54) is 20.8 Å². The first kappa shape index (κ1) is 17.6. The van der Waals surface area contributed by atoms with E-state index < -0.39 is 10.4 Å². The van der Waals surface area contributed by atoms with Gasteiger partial charge in [0.15, 0.2) is 0 Å². The molecule has 122 valence electrons. The first-order valence-corrected chi connectivity index (χ1v) is 9.02. The lowest BCUT2D eigenvalue weighted by Gasteiger charge is -1.95. The summed E-state index contributed by atoms with van der Waals surface area (Å²) in [5.74, 6) is 0. The van der Waals surface area contributed by atoms with Crippen molar-refractivity contribution in [2.75, 3.05) is 7.11 Å². The molecule has 0 unspecified atom stereocenters. The van der Waals surface area contributed by atoms with Crippen molar-refractivity contribution in [1.29, 1.82) is 0 Å². The molecular weight excluding hydrogens is 334 g/mol. The maximum absolute atomic E-state index is 9.33. The van der Waals surface area contributed by atoms with Crippen molar-refractivity contribution in [2.24, 2.45) is 7.05 Å². The van der Waals surface area contributed by atoms with Gasteiger partial charge in [0.25, 0.3) is 0 Å². The van der Waals surface area contributed by atoms with E-state index in [-0.39, 0.29) is 0 Å². The molecule has 0 spiro atoms. The fourth-order valence-electron chi connectivity index (χ4n) is 2.08. The third kappa shape index (κ3) is 5.11. The molecule has 2 aromatic carbocycles. The van der Waals surface area contributed by atoms with E-state index in [4.69, 9.17) is 4.55 Å². The zero-order chi connectivity index (χ0) is 16.9. The number of aryl methyl sites for hydroxylation is 1. The van der Waals surface area contributed by atoms with Gasteiger partial charge in [-0.1, -0.05) is 53.8 Å². The zero-order valence-corrected chi connectivity index (χ0v) is 14.5. The van der Waals surface area contributed by atoms with Crippen molar-refractivity contribution in [2.45, 2.75) is 6.42 Å². The molecule has 0 bridgehead atoms. The molecule has 0 saturated heterocycles. The number of fused-ring (bicyclic) bond motifs is 1. The number of benzene rings is 2. The Labute approximate surface area is 139 Å². The van der Waals surface area contributed by atoms with E-state index in [1.54, 1.807) is 0 Å². The van der Waals surface area contributed by atoms with Crippen LogP contribution >= 0.6 is 11.3 Å². The molecule has 0 saturated carbocycles. The fraction of sp³-hybridized carbons (Fsp3) is 0.188. The second kappa shape index (κ2) is 7.65. The van der Waals surface area contributed by atoms with Crippen LogP contribution in [0.2, 0.25) is 0 Å². The first-order chi connectivity index (χ1) is 10.9. The number of para-hydroxylation sites is 1. The van der Waals surface area contributed by atoms with Crippen LogP contribution in [0.15, 0.2) is 54.6 Å². The van der Waals surface area contributed by atoms with E-state index in [0.29, 0.717) is 0 Å². The highest BCUT2D eigenvalue weighted by atomic mass is 32.3. The largest absolute Gasteiger partial charge is 0.397 e. The van der Waals surface area contributed by atoms with Crippen molar-refractivity contribution in [1.82, 2.24) is 0 Å². The summed E-state index contributed by atoms with van der Waals surface area (Å²) in [5, 5.41) is 1.40. The van der Waals surface area contributed by atoms with Crippen LogP contribution in [0.1, 0.15) is 10.6 Å². The lowest BCUT2D eigenvalue weighted by atomic mass is 10.2. The minimum absolute atomic E-state index is 0.870. The second-order valence-electron chi connectivity index (χ2n) is 4.78. The molecule has 1 N–H and O–H groups in total. The molecule has 3 aromatic rings. The number of hydrogen-bond acceptors (Lipinski definition) is 4. The summed E-state index contributed by atoms with van der Waals surface area (Å²) in [5.41, 5.74) is 2.69. The Hall–Kier alpha value is -1.80. The molecule has 1 aromatic heterocycles. The Kier molecular flexibility index (Phi) is 5.84. The maximum atomic E-state index is 9.33. The summed E-state index contributed by atoms with van der Waals surface area (Å²) >= 11 is 1.88. The number of aromatic nitrogens is 1. The van der Waals surface area contributed by atoms with Crippen LogP contribution in [0.4, 0.5) is 0 Å². The van der Waals surface area contributed by atoms with E-state index in [1.807, 2.05) is 11.3 Å². The Morgan fingerprint density at radius 1 is 1.09 bits per heavy atom. The normalized spacial score (nSPS) is 11.1. The van der Waals surface area contributed by atoms with E-state index in [0.717, 1.165) is 13.5 Å². The molecule has 0 aliphatic heterocycles. The van der Waals surface area contributed by atoms with E-state index >= 15 is 0 Å². The minimum atomic E-state index is -4.16. The van der Waals surface area contributed by atoms with Gasteiger partial charge in [0.1, 0.15) is 11.7 Å². The predicted octanol–water partition coefficient (Wildman–Crippen LogP) is 2.75. The van der Waals surface area contributed by atoms with Crippen LogP contribution in [0.3, 0.4) is 0 Å². The molecule has 1 heterocycles. The van der Waals surface area contributed by atoms with Gasteiger partial charge in [-0.2, -0.15) is 13.0 Å². The lowest BCUT2D eigenvalue weighted by molar-refractivity contribution is -0.647. The summed E-state index contributed by atoms with van der Waals surface area (Å²) in [4.78, 5) is 0. The molecule has 0 aliphatic carbocycles. The Balaban J connectivity index is 0.000000277. The van der Waals surface area contributed by atoms with Crippen molar-refractivity contribution in [3.63, 3.8) is 0 Å².